The Labute approximate surface area is 155 Å². The number of amides is 4. The largest absolute Gasteiger partial charge is 0.338 e. The molecule has 0 unspecified atom stereocenters. The zero-order chi connectivity index (χ0) is 18.4. The van der Waals surface area contributed by atoms with E-state index in [2.05, 4.69) is 0 Å². The topological polar surface area (TPSA) is 60.9 Å². The van der Waals surface area contributed by atoms with Gasteiger partial charge in [-0.1, -0.05) is 17.7 Å². The van der Waals surface area contributed by atoms with E-state index in [-0.39, 0.29) is 41.2 Å². The van der Waals surface area contributed by atoms with Crippen molar-refractivity contribution in [1.82, 2.24) is 14.7 Å². The van der Waals surface area contributed by atoms with E-state index in [0.717, 1.165) is 12.8 Å². The molecule has 138 valence electrons. The van der Waals surface area contributed by atoms with Gasteiger partial charge < -0.3 is 9.80 Å². The normalized spacial score (nSPS) is 21.7. The molecule has 4 rings (SSSR count). The molecule has 0 aromatic heterocycles. The highest BCUT2D eigenvalue weighted by atomic mass is 35.5. The number of hydrogen-bond acceptors (Lipinski definition) is 3. The van der Waals surface area contributed by atoms with E-state index in [1.54, 1.807) is 9.80 Å². The van der Waals surface area contributed by atoms with Crippen molar-refractivity contribution in [3.05, 3.63) is 34.6 Å². The molecule has 8 heteroatoms. The number of carbonyl (C=O) groups excluding carboxylic acids is 3. The van der Waals surface area contributed by atoms with Crippen molar-refractivity contribution in [3.8, 4) is 0 Å². The van der Waals surface area contributed by atoms with Crippen LogP contribution in [0.4, 0.5) is 9.18 Å². The second kappa shape index (κ2) is 6.54. The molecule has 1 aromatic carbocycles. The molecule has 3 fully saturated rings. The first kappa shape index (κ1) is 17.3. The molecule has 0 radical (unpaired) electrons. The molecule has 26 heavy (non-hydrogen) atoms. The standard InChI is InChI=1S/C18H19ClFN3O3/c19-13-2-1-3-14(20)16(13)17(25)21-8-6-11(7-9-21)22-10-15(24)23(18(22)26)12-4-5-12/h1-3,11-12H,4-10H2. The predicted octanol–water partition coefficient (Wildman–Crippen LogP) is 2.51. The molecule has 0 atom stereocenters. The zero-order valence-electron chi connectivity index (χ0n) is 14.2. The van der Waals surface area contributed by atoms with Gasteiger partial charge in [-0.05, 0) is 37.8 Å². The Hall–Kier alpha value is -2.15. The van der Waals surface area contributed by atoms with Gasteiger partial charge in [0.15, 0.2) is 0 Å². The maximum atomic E-state index is 14.0. The lowest BCUT2D eigenvalue weighted by atomic mass is 10.0. The summed E-state index contributed by atoms with van der Waals surface area (Å²) in [4.78, 5) is 41.8. The van der Waals surface area contributed by atoms with E-state index in [0.29, 0.717) is 25.9 Å². The van der Waals surface area contributed by atoms with Gasteiger partial charge in [-0.2, -0.15) is 0 Å². The molecule has 1 aromatic rings. The van der Waals surface area contributed by atoms with Crippen molar-refractivity contribution >= 4 is 29.4 Å². The third-order valence-electron chi connectivity index (χ3n) is 5.31. The lowest BCUT2D eigenvalue weighted by molar-refractivity contribution is -0.125. The Morgan fingerprint density at radius 3 is 2.38 bits per heavy atom. The number of nitrogens with zero attached hydrogens (tertiary/aromatic N) is 3. The number of benzene rings is 1. The minimum Gasteiger partial charge on any atom is -0.338 e. The maximum Gasteiger partial charge on any atom is 0.327 e. The molecular formula is C18H19ClFN3O3. The molecule has 2 heterocycles. The predicted molar refractivity (Wildman–Crippen MR) is 92.3 cm³/mol. The van der Waals surface area contributed by atoms with Crippen molar-refractivity contribution in [2.24, 2.45) is 0 Å². The number of piperidine rings is 1. The first-order valence-corrected chi connectivity index (χ1v) is 9.21. The first-order valence-electron chi connectivity index (χ1n) is 8.83. The van der Waals surface area contributed by atoms with E-state index in [1.165, 1.54) is 23.1 Å². The summed E-state index contributed by atoms with van der Waals surface area (Å²) in [5.41, 5.74) is -0.111. The van der Waals surface area contributed by atoms with E-state index >= 15 is 0 Å². The van der Waals surface area contributed by atoms with Crippen molar-refractivity contribution in [2.75, 3.05) is 19.6 Å². The van der Waals surface area contributed by atoms with Crippen LogP contribution in [-0.4, -0.2) is 64.3 Å². The zero-order valence-corrected chi connectivity index (χ0v) is 14.9. The summed E-state index contributed by atoms with van der Waals surface area (Å²) in [6.07, 6.45) is 2.91. The molecule has 2 aliphatic heterocycles. The van der Waals surface area contributed by atoms with Gasteiger partial charge in [-0.15, -0.1) is 0 Å². The van der Waals surface area contributed by atoms with Gasteiger partial charge >= 0.3 is 6.03 Å². The Morgan fingerprint density at radius 2 is 1.77 bits per heavy atom. The highest BCUT2D eigenvalue weighted by Gasteiger charge is 2.47. The summed E-state index contributed by atoms with van der Waals surface area (Å²) >= 11 is 5.98. The average Bonchev–Trinajstić information content (AvgIpc) is 3.40. The van der Waals surface area contributed by atoms with Gasteiger partial charge in [0.25, 0.3) is 11.8 Å². The third kappa shape index (κ3) is 2.94. The van der Waals surface area contributed by atoms with Crippen LogP contribution in [0, 0.1) is 5.82 Å². The van der Waals surface area contributed by atoms with E-state index in [9.17, 15) is 18.8 Å². The Balaban J connectivity index is 1.41. The van der Waals surface area contributed by atoms with Crippen molar-refractivity contribution in [1.29, 1.82) is 0 Å². The van der Waals surface area contributed by atoms with Crippen molar-refractivity contribution in [3.63, 3.8) is 0 Å². The molecule has 3 aliphatic rings. The summed E-state index contributed by atoms with van der Waals surface area (Å²) in [7, 11) is 0. The SMILES string of the molecule is O=C(c1c(F)cccc1Cl)N1CCC(N2CC(=O)N(C3CC3)C2=O)CC1. The molecule has 6 nitrogen and oxygen atoms in total. The van der Waals surface area contributed by atoms with Gasteiger partial charge in [0.05, 0.1) is 10.6 Å². The highest BCUT2D eigenvalue weighted by Crippen LogP contribution is 2.33. The molecule has 0 bridgehead atoms. The minimum atomic E-state index is -0.634. The van der Waals surface area contributed by atoms with Crippen LogP contribution in [0.25, 0.3) is 0 Å². The van der Waals surface area contributed by atoms with Crippen LogP contribution in [0.2, 0.25) is 5.02 Å². The first-order chi connectivity index (χ1) is 12.5. The Morgan fingerprint density at radius 1 is 1.08 bits per heavy atom. The number of imide groups is 1. The lowest BCUT2D eigenvalue weighted by Crippen LogP contribution is -2.48. The molecule has 0 N–H and O–H groups in total. The van der Waals surface area contributed by atoms with Gasteiger partial charge in [-0.3, -0.25) is 14.5 Å². The lowest BCUT2D eigenvalue weighted by Gasteiger charge is -2.36. The third-order valence-corrected chi connectivity index (χ3v) is 5.62. The summed E-state index contributed by atoms with van der Waals surface area (Å²) < 4.78 is 14.0. The number of halogens is 2. The number of rotatable bonds is 3. The Kier molecular flexibility index (Phi) is 4.34. The van der Waals surface area contributed by atoms with Crippen LogP contribution in [0.15, 0.2) is 18.2 Å². The molecule has 0 spiro atoms. The maximum absolute atomic E-state index is 14.0. The second-order valence-corrected chi connectivity index (χ2v) is 7.43. The number of urea groups is 1. The van der Waals surface area contributed by atoms with Crippen LogP contribution in [0.5, 0.6) is 0 Å². The summed E-state index contributed by atoms with van der Waals surface area (Å²) in [5, 5.41) is 0.0949. The van der Waals surface area contributed by atoms with Crippen LogP contribution in [0.3, 0.4) is 0 Å². The molecule has 1 aliphatic carbocycles. The van der Waals surface area contributed by atoms with Crippen molar-refractivity contribution < 1.29 is 18.8 Å². The van der Waals surface area contributed by atoms with Crippen LogP contribution < -0.4 is 0 Å². The van der Waals surface area contributed by atoms with E-state index in [4.69, 9.17) is 11.6 Å². The van der Waals surface area contributed by atoms with Gasteiger partial charge in [0, 0.05) is 25.2 Å². The number of likely N-dealkylation sites (tertiary alicyclic amines) is 1. The highest BCUT2D eigenvalue weighted by molar-refractivity contribution is 6.33. The fourth-order valence-corrected chi connectivity index (χ4v) is 4.00. The number of hydrogen-bond donors (Lipinski definition) is 0. The summed E-state index contributed by atoms with van der Waals surface area (Å²) in [5.74, 6) is -1.20. The summed E-state index contributed by atoms with van der Waals surface area (Å²) in [6, 6.07) is 3.96. The van der Waals surface area contributed by atoms with Crippen LogP contribution >= 0.6 is 11.6 Å². The monoisotopic (exact) mass is 379 g/mol. The van der Waals surface area contributed by atoms with Crippen LogP contribution in [0.1, 0.15) is 36.0 Å². The van der Waals surface area contributed by atoms with Gasteiger partial charge in [-0.25, -0.2) is 9.18 Å². The Bertz CT molecular complexity index is 755. The minimum absolute atomic E-state index is 0.0738. The van der Waals surface area contributed by atoms with Gasteiger partial charge in [0.2, 0.25) is 0 Å². The average molecular weight is 380 g/mol. The van der Waals surface area contributed by atoms with Crippen LogP contribution in [-0.2, 0) is 4.79 Å². The van der Waals surface area contributed by atoms with E-state index < -0.39 is 11.7 Å². The van der Waals surface area contributed by atoms with E-state index in [1.807, 2.05) is 0 Å². The molecular weight excluding hydrogens is 361 g/mol. The number of carbonyl (C=O) groups is 3. The fraction of sp³-hybridized carbons (Fsp3) is 0.500. The fourth-order valence-electron chi connectivity index (χ4n) is 3.75. The van der Waals surface area contributed by atoms with Crippen molar-refractivity contribution in [2.45, 2.75) is 37.8 Å². The molecule has 1 saturated carbocycles. The quantitative estimate of drug-likeness (QED) is 0.758. The summed E-state index contributed by atoms with van der Waals surface area (Å²) in [6.45, 7) is 0.915. The van der Waals surface area contributed by atoms with Gasteiger partial charge in [0.1, 0.15) is 12.4 Å². The molecule has 4 amide bonds. The molecule has 2 saturated heterocycles. The second-order valence-electron chi connectivity index (χ2n) is 7.03. The smallest absolute Gasteiger partial charge is 0.327 e.